The quantitative estimate of drug-likeness (QED) is 0.669. The lowest BCUT2D eigenvalue weighted by Gasteiger charge is -2.20. The summed E-state index contributed by atoms with van der Waals surface area (Å²) in [5, 5.41) is 17.9. The van der Waals surface area contributed by atoms with Crippen molar-refractivity contribution in [1.82, 2.24) is 4.90 Å². The minimum absolute atomic E-state index is 0.0921. The Morgan fingerprint density at radius 1 is 1.39 bits per heavy atom. The van der Waals surface area contributed by atoms with Gasteiger partial charge in [-0.1, -0.05) is 0 Å². The van der Waals surface area contributed by atoms with Gasteiger partial charge in [0.15, 0.2) is 0 Å². The summed E-state index contributed by atoms with van der Waals surface area (Å²) in [6.45, 7) is -0.163. The van der Waals surface area contributed by atoms with E-state index in [4.69, 9.17) is 10.2 Å². The number of rotatable bonds is 4. The summed E-state index contributed by atoms with van der Waals surface area (Å²) in [4.78, 5) is 22.8. The molecule has 2 rings (SSSR count). The molecule has 0 aromatic rings. The summed E-state index contributed by atoms with van der Waals surface area (Å²) in [7, 11) is -3.61. The van der Waals surface area contributed by atoms with Gasteiger partial charge in [0.25, 0.3) is 10.1 Å². The van der Waals surface area contributed by atoms with Crippen molar-refractivity contribution in [1.29, 1.82) is 0 Å². The molecule has 2 aliphatic rings. The van der Waals surface area contributed by atoms with Crippen molar-refractivity contribution >= 4 is 22.2 Å². The molecule has 2 N–H and O–H groups in total. The first-order valence-electron chi connectivity index (χ1n) is 5.25. The Morgan fingerprint density at radius 3 is 2.39 bits per heavy atom. The van der Waals surface area contributed by atoms with E-state index in [1.54, 1.807) is 0 Å². The van der Waals surface area contributed by atoms with Crippen molar-refractivity contribution < 1.29 is 32.4 Å². The van der Waals surface area contributed by atoms with Gasteiger partial charge in [-0.15, -0.1) is 0 Å². The molecular weight excluding hydrogens is 266 g/mol. The van der Waals surface area contributed by atoms with E-state index in [1.165, 1.54) is 0 Å². The third kappa shape index (κ3) is 2.15. The monoisotopic (exact) mass is 279 g/mol. The van der Waals surface area contributed by atoms with Gasteiger partial charge in [-0.3, -0.25) is 9.08 Å². The second-order valence-corrected chi connectivity index (χ2v) is 6.44. The van der Waals surface area contributed by atoms with Crippen molar-refractivity contribution in [2.45, 2.75) is 24.9 Å². The molecule has 102 valence electrons. The molecule has 1 aliphatic heterocycles. The van der Waals surface area contributed by atoms with Crippen LogP contribution in [-0.2, 0) is 19.1 Å². The Morgan fingerprint density at radius 2 is 2.00 bits per heavy atom. The first-order valence-corrected chi connectivity index (χ1v) is 7.06. The molecule has 0 unspecified atom stereocenters. The highest BCUT2D eigenvalue weighted by molar-refractivity contribution is 7.85. The summed E-state index contributed by atoms with van der Waals surface area (Å²) in [5.41, 5.74) is -0.662. The fourth-order valence-corrected chi connectivity index (χ4v) is 3.00. The van der Waals surface area contributed by atoms with Crippen LogP contribution in [0.2, 0.25) is 0 Å². The molecule has 9 heteroatoms. The van der Waals surface area contributed by atoms with E-state index < -0.39 is 39.7 Å². The van der Waals surface area contributed by atoms with E-state index in [9.17, 15) is 18.0 Å². The Hall–Kier alpha value is -1.35. The van der Waals surface area contributed by atoms with Gasteiger partial charge in [0.05, 0.1) is 12.9 Å². The van der Waals surface area contributed by atoms with Crippen LogP contribution in [0, 0.1) is 5.41 Å². The number of nitrogens with zero attached hydrogens (tertiary/aromatic N) is 1. The number of aliphatic carboxylic acids is 1. The van der Waals surface area contributed by atoms with Gasteiger partial charge in [-0.2, -0.15) is 8.42 Å². The van der Waals surface area contributed by atoms with Crippen molar-refractivity contribution in [3.63, 3.8) is 0 Å². The average molecular weight is 279 g/mol. The zero-order chi connectivity index (χ0) is 13.7. The molecular formula is C9H13NO7S. The number of hydrogen-bond acceptors (Lipinski definition) is 5. The number of carbonyl (C=O) groups is 2. The molecule has 1 aliphatic carbocycles. The molecule has 3 atom stereocenters. The molecule has 0 radical (unpaired) electrons. The van der Waals surface area contributed by atoms with Crippen molar-refractivity contribution in [3.05, 3.63) is 0 Å². The van der Waals surface area contributed by atoms with E-state index in [0.29, 0.717) is 6.42 Å². The van der Waals surface area contributed by atoms with Gasteiger partial charge < -0.3 is 10.2 Å². The molecule has 8 nitrogen and oxygen atoms in total. The molecule has 18 heavy (non-hydrogen) atoms. The van der Waals surface area contributed by atoms with Crippen LogP contribution in [0.25, 0.3) is 0 Å². The largest absolute Gasteiger partial charge is 0.480 e. The smallest absolute Gasteiger partial charge is 0.408 e. The first-order chi connectivity index (χ1) is 8.16. The third-order valence-corrected chi connectivity index (χ3v) is 4.03. The first kappa shape index (κ1) is 13.1. The van der Waals surface area contributed by atoms with Gasteiger partial charge in [0.2, 0.25) is 0 Å². The van der Waals surface area contributed by atoms with Crippen LogP contribution in [0.4, 0.5) is 4.79 Å². The van der Waals surface area contributed by atoms with Crippen LogP contribution < -0.4 is 0 Å². The number of fused-ring (bicyclic) bond motifs is 1. The molecule has 1 saturated carbocycles. The summed E-state index contributed by atoms with van der Waals surface area (Å²) < 4.78 is 26.5. The summed E-state index contributed by atoms with van der Waals surface area (Å²) >= 11 is 0. The van der Waals surface area contributed by atoms with Crippen LogP contribution in [0.15, 0.2) is 0 Å². The number of hydrogen-bond donors (Lipinski definition) is 2. The van der Waals surface area contributed by atoms with Crippen molar-refractivity contribution in [3.8, 4) is 0 Å². The van der Waals surface area contributed by atoms with Gasteiger partial charge in [0.1, 0.15) is 6.04 Å². The fourth-order valence-electron chi connectivity index (χ4n) is 2.55. The van der Waals surface area contributed by atoms with Gasteiger partial charge in [-0.25, -0.2) is 9.59 Å². The highest BCUT2D eigenvalue weighted by Crippen LogP contribution is 2.59. The highest BCUT2D eigenvalue weighted by Gasteiger charge is 2.68. The topological polar surface area (TPSA) is 121 Å². The minimum atomic E-state index is -3.61. The lowest BCUT2D eigenvalue weighted by atomic mass is 10.0. The van der Waals surface area contributed by atoms with Crippen molar-refractivity contribution in [2.75, 3.05) is 12.9 Å². The molecule has 2 fully saturated rings. The van der Waals surface area contributed by atoms with E-state index in [-0.39, 0.29) is 13.0 Å². The lowest BCUT2D eigenvalue weighted by Crippen LogP contribution is -2.42. The standard InChI is InChI=1S/C9H13NO7S/c1-18(15,16)17-4-9-2-5(7(11)12)10(8(13)14)6(9)3-9/h5-6H,2-4H2,1H3,(H,11,12)(H,13,14)/t5-,6+,9-/m0/s1. The lowest BCUT2D eigenvalue weighted by molar-refractivity contribution is -0.142. The zero-order valence-electron chi connectivity index (χ0n) is 9.57. The third-order valence-electron chi connectivity index (χ3n) is 3.48. The zero-order valence-corrected chi connectivity index (χ0v) is 10.4. The maximum atomic E-state index is 11.0. The van der Waals surface area contributed by atoms with Crippen LogP contribution >= 0.6 is 0 Å². The highest BCUT2D eigenvalue weighted by atomic mass is 32.2. The number of piperidine rings is 1. The Bertz CT molecular complexity index is 501. The van der Waals surface area contributed by atoms with E-state index in [0.717, 1.165) is 11.2 Å². The maximum absolute atomic E-state index is 11.0. The summed E-state index contributed by atoms with van der Waals surface area (Å²) in [5.74, 6) is -1.22. The van der Waals surface area contributed by atoms with E-state index in [2.05, 4.69) is 4.18 Å². The molecule has 0 aromatic carbocycles. The van der Waals surface area contributed by atoms with Gasteiger partial charge >= 0.3 is 12.1 Å². The summed E-state index contributed by atoms with van der Waals surface area (Å²) in [6, 6.07) is -1.58. The molecule has 0 bridgehead atoms. The van der Waals surface area contributed by atoms with Crippen LogP contribution in [0.3, 0.4) is 0 Å². The molecule has 1 heterocycles. The summed E-state index contributed by atoms with van der Waals surface area (Å²) in [6.07, 6.45) is 0.138. The molecule has 0 aromatic heterocycles. The normalized spacial score (nSPS) is 34.2. The number of carboxylic acids is 1. The van der Waals surface area contributed by atoms with Crippen LogP contribution in [0.5, 0.6) is 0 Å². The predicted molar refractivity (Wildman–Crippen MR) is 57.5 cm³/mol. The Labute approximate surface area is 103 Å². The molecule has 1 amide bonds. The average Bonchev–Trinajstić information content (AvgIpc) is 2.80. The Kier molecular flexibility index (Phi) is 2.78. The second-order valence-electron chi connectivity index (χ2n) is 4.80. The predicted octanol–water partition coefficient (Wildman–Crippen LogP) is -0.442. The Balaban J connectivity index is 2.12. The second kappa shape index (κ2) is 3.82. The SMILES string of the molecule is CS(=O)(=O)OC[C@@]12C[C@@H](C(=O)O)N(C(=O)O)[C@@H]1C2. The number of likely N-dealkylation sites (tertiary alicyclic amines) is 1. The number of amides is 1. The van der Waals surface area contributed by atoms with E-state index in [1.807, 2.05) is 0 Å². The van der Waals surface area contributed by atoms with Crippen molar-refractivity contribution in [2.24, 2.45) is 5.41 Å². The van der Waals surface area contributed by atoms with Gasteiger partial charge in [0, 0.05) is 11.5 Å². The van der Waals surface area contributed by atoms with Gasteiger partial charge in [-0.05, 0) is 12.8 Å². The molecule has 0 spiro atoms. The van der Waals surface area contributed by atoms with Crippen LogP contribution in [0.1, 0.15) is 12.8 Å². The maximum Gasteiger partial charge on any atom is 0.408 e. The number of carboxylic acid groups (broad SMARTS) is 2. The van der Waals surface area contributed by atoms with E-state index >= 15 is 0 Å². The minimum Gasteiger partial charge on any atom is -0.480 e. The van der Waals surface area contributed by atoms with Crippen LogP contribution in [-0.4, -0.2) is 60.5 Å². The fraction of sp³-hybridized carbons (Fsp3) is 0.778. The molecule has 1 saturated heterocycles.